The Labute approximate surface area is 320 Å². The van der Waals surface area contributed by atoms with Crippen molar-refractivity contribution in [2.45, 2.75) is 44.4 Å². The number of hydrogen-bond donors (Lipinski definition) is 0. The van der Waals surface area contributed by atoms with E-state index in [-0.39, 0.29) is 5.92 Å². The number of nitrogens with zero attached hydrogens (tertiary/aromatic N) is 3. The third-order valence-electron chi connectivity index (χ3n) is 11.0. The summed E-state index contributed by atoms with van der Waals surface area (Å²) in [4.78, 5) is 15.0. The Balaban J connectivity index is 1.18. The van der Waals surface area contributed by atoms with Crippen molar-refractivity contribution < 1.29 is 0 Å². The topological polar surface area (TPSA) is 38.1 Å². The predicted octanol–water partition coefficient (Wildman–Crippen LogP) is 13.0. The molecule has 3 nitrogen and oxygen atoms in total. The molecule has 4 unspecified atom stereocenters. The van der Waals surface area contributed by atoms with E-state index >= 15 is 0 Å². The molecule has 4 aliphatic rings. The SMILES string of the molecule is C=CCCC1=CC2C=CC=CC2C=C1c1cccc(-c2nc(C3=CCCC(c4ccc5ccccc5c4)=C3)cc(C(C=C)C/C=C/C3C=NC=CC3)n2)c1. The summed E-state index contributed by atoms with van der Waals surface area (Å²) in [6.45, 7) is 8.29. The number of aliphatic imine (C=N–C) groups is 1. The van der Waals surface area contributed by atoms with Gasteiger partial charge in [-0.25, -0.2) is 9.97 Å². The molecule has 0 saturated heterocycles. The molecule has 0 radical (unpaired) electrons. The minimum atomic E-state index is 0.0340. The zero-order valence-corrected chi connectivity index (χ0v) is 30.9. The summed E-state index contributed by atoms with van der Waals surface area (Å²) in [5, 5.41) is 2.52. The average molecular weight is 702 g/mol. The molecular weight excluding hydrogens is 655 g/mol. The zero-order valence-electron chi connectivity index (χ0n) is 30.9. The summed E-state index contributed by atoms with van der Waals surface area (Å²) in [7, 11) is 0. The molecule has 0 saturated carbocycles. The molecule has 266 valence electrons. The summed E-state index contributed by atoms with van der Waals surface area (Å²) in [6.07, 6.45) is 38.8. The Hall–Kier alpha value is -5.93. The lowest BCUT2D eigenvalue weighted by Crippen LogP contribution is -2.14. The molecule has 0 spiro atoms. The van der Waals surface area contributed by atoms with Crippen LogP contribution in [0.25, 0.3) is 38.9 Å². The van der Waals surface area contributed by atoms with Crippen LogP contribution in [0.1, 0.15) is 67.0 Å². The van der Waals surface area contributed by atoms with Gasteiger partial charge >= 0.3 is 0 Å². The van der Waals surface area contributed by atoms with Gasteiger partial charge in [0.25, 0.3) is 0 Å². The van der Waals surface area contributed by atoms with E-state index in [4.69, 9.17) is 9.97 Å². The Morgan fingerprint density at radius 3 is 2.52 bits per heavy atom. The highest BCUT2D eigenvalue weighted by Crippen LogP contribution is 2.40. The third-order valence-corrected chi connectivity index (χ3v) is 11.0. The van der Waals surface area contributed by atoms with Gasteiger partial charge in [-0.3, -0.25) is 4.99 Å². The Morgan fingerprint density at radius 1 is 0.833 bits per heavy atom. The molecule has 4 atom stereocenters. The van der Waals surface area contributed by atoms with Crippen LogP contribution in [0.15, 0.2) is 182 Å². The first-order valence-corrected chi connectivity index (χ1v) is 19.4. The van der Waals surface area contributed by atoms with E-state index in [2.05, 4.69) is 158 Å². The summed E-state index contributed by atoms with van der Waals surface area (Å²) < 4.78 is 0. The molecule has 3 heteroatoms. The lowest BCUT2D eigenvalue weighted by atomic mass is 9.77. The number of rotatable bonds is 12. The largest absolute Gasteiger partial charge is 0.269 e. The van der Waals surface area contributed by atoms with Crippen LogP contribution in [-0.2, 0) is 0 Å². The average Bonchev–Trinajstić information content (AvgIpc) is 3.24. The van der Waals surface area contributed by atoms with Gasteiger partial charge in [-0.15, -0.1) is 13.2 Å². The molecule has 0 fully saturated rings. The van der Waals surface area contributed by atoms with Gasteiger partial charge in [0.05, 0.1) is 11.4 Å². The van der Waals surface area contributed by atoms with Crippen molar-refractivity contribution in [1.29, 1.82) is 0 Å². The quantitative estimate of drug-likeness (QED) is 0.138. The van der Waals surface area contributed by atoms with Crippen LogP contribution in [0, 0.1) is 17.8 Å². The third kappa shape index (κ3) is 7.87. The van der Waals surface area contributed by atoms with Crippen molar-refractivity contribution in [3.05, 3.63) is 199 Å². The maximum atomic E-state index is 5.33. The molecule has 1 aromatic heterocycles. The summed E-state index contributed by atoms with van der Waals surface area (Å²) in [5.74, 6) is 1.84. The van der Waals surface area contributed by atoms with E-state index < -0.39 is 0 Å². The highest BCUT2D eigenvalue weighted by Gasteiger charge is 2.24. The first kappa shape index (κ1) is 35.1. The fourth-order valence-corrected chi connectivity index (χ4v) is 7.98. The molecule has 0 bridgehead atoms. The zero-order chi connectivity index (χ0) is 36.7. The van der Waals surface area contributed by atoms with Gasteiger partial charge in [0.1, 0.15) is 0 Å². The smallest absolute Gasteiger partial charge is 0.160 e. The van der Waals surface area contributed by atoms with Crippen LogP contribution in [0.5, 0.6) is 0 Å². The summed E-state index contributed by atoms with van der Waals surface area (Å²) in [5.41, 5.74) is 10.6. The van der Waals surface area contributed by atoms with Crippen molar-refractivity contribution in [3.8, 4) is 11.4 Å². The van der Waals surface area contributed by atoms with Crippen LogP contribution in [0.2, 0.25) is 0 Å². The van der Waals surface area contributed by atoms with Gasteiger partial charge < -0.3 is 0 Å². The van der Waals surface area contributed by atoms with E-state index in [9.17, 15) is 0 Å². The van der Waals surface area contributed by atoms with Gasteiger partial charge in [0.15, 0.2) is 5.82 Å². The normalized spacial score (nSPS) is 20.9. The minimum Gasteiger partial charge on any atom is -0.269 e. The predicted molar refractivity (Wildman–Crippen MR) is 230 cm³/mol. The van der Waals surface area contributed by atoms with Gasteiger partial charge in [0.2, 0.25) is 0 Å². The van der Waals surface area contributed by atoms with Crippen molar-refractivity contribution in [3.63, 3.8) is 0 Å². The Bertz CT molecular complexity index is 2350. The van der Waals surface area contributed by atoms with Crippen LogP contribution in [-0.4, -0.2) is 16.2 Å². The molecule has 1 aliphatic heterocycles. The second kappa shape index (κ2) is 16.4. The number of aromatic nitrogens is 2. The van der Waals surface area contributed by atoms with E-state index in [0.717, 1.165) is 66.9 Å². The van der Waals surface area contributed by atoms with Crippen LogP contribution >= 0.6 is 0 Å². The van der Waals surface area contributed by atoms with Crippen molar-refractivity contribution >= 4 is 33.7 Å². The maximum absolute atomic E-state index is 5.33. The number of hydrogen-bond acceptors (Lipinski definition) is 3. The molecule has 54 heavy (non-hydrogen) atoms. The summed E-state index contributed by atoms with van der Waals surface area (Å²) >= 11 is 0. The molecular formula is C51H47N3. The van der Waals surface area contributed by atoms with Crippen LogP contribution in [0.4, 0.5) is 0 Å². The van der Waals surface area contributed by atoms with Gasteiger partial charge in [-0.1, -0.05) is 128 Å². The fourth-order valence-electron chi connectivity index (χ4n) is 7.98. The maximum Gasteiger partial charge on any atom is 0.160 e. The first-order valence-electron chi connectivity index (χ1n) is 19.4. The standard InChI is InChI=1S/C51H47N3/c1-3-5-16-44-30-40-19-8-9-20-42(40)33-48(44)45-23-12-25-47(32-45)51-53-49(37(4-2)21-10-14-36-15-13-28-52-35-36)34-50(54-51)46-24-11-22-41(31-46)43-27-26-38-17-6-7-18-39(38)29-43/h3-4,6-10,12-14,17-20,23-37,40,42H,1-2,5,11,15-16,21-22H2/b14-10+. The van der Waals surface area contributed by atoms with Crippen molar-refractivity contribution in [2.24, 2.45) is 22.7 Å². The molecule has 4 aromatic rings. The van der Waals surface area contributed by atoms with Gasteiger partial charge in [-0.2, -0.15) is 0 Å². The Kier molecular flexibility index (Phi) is 10.7. The highest BCUT2D eigenvalue weighted by molar-refractivity contribution is 5.90. The monoisotopic (exact) mass is 701 g/mol. The lowest BCUT2D eigenvalue weighted by Gasteiger charge is -2.28. The van der Waals surface area contributed by atoms with Crippen LogP contribution in [0.3, 0.4) is 0 Å². The molecule has 3 aromatic carbocycles. The number of fused-ring (bicyclic) bond motifs is 2. The lowest BCUT2D eigenvalue weighted by molar-refractivity contribution is 0.653. The van der Waals surface area contributed by atoms with Crippen molar-refractivity contribution in [1.82, 2.24) is 9.97 Å². The second-order valence-electron chi connectivity index (χ2n) is 14.6. The second-order valence-corrected chi connectivity index (χ2v) is 14.6. The molecule has 3 aliphatic carbocycles. The van der Waals surface area contributed by atoms with E-state index in [0.29, 0.717) is 17.8 Å². The van der Waals surface area contributed by atoms with E-state index in [1.807, 2.05) is 24.6 Å². The molecule has 2 heterocycles. The number of benzene rings is 3. The molecule has 0 N–H and O–H groups in total. The Morgan fingerprint density at radius 2 is 1.69 bits per heavy atom. The minimum absolute atomic E-state index is 0.0340. The molecule has 0 amide bonds. The fraction of sp³-hybridized carbons (Fsp3) is 0.196. The van der Waals surface area contributed by atoms with Gasteiger partial charge in [-0.05, 0) is 107 Å². The number of allylic oxidation sites excluding steroid dienone is 17. The highest BCUT2D eigenvalue weighted by atomic mass is 14.9. The van der Waals surface area contributed by atoms with Crippen molar-refractivity contribution in [2.75, 3.05) is 0 Å². The van der Waals surface area contributed by atoms with Gasteiger partial charge in [0, 0.05) is 41.6 Å². The van der Waals surface area contributed by atoms with Crippen LogP contribution < -0.4 is 0 Å². The first-order chi connectivity index (χ1) is 26.6. The summed E-state index contributed by atoms with van der Waals surface area (Å²) in [6, 6.07) is 26.4. The van der Waals surface area contributed by atoms with E-state index in [1.54, 1.807) is 0 Å². The van der Waals surface area contributed by atoms with E-state index in [1.165, 1.54) is 38.6 Å². The molecule has 8 rings (SSSR count).